The summed E-state index contributed by atoms with van der Waals surface area (Å²) in [5.74, 6) is -1.33. The smallest absolute Gasteiger partial charge is 0.270 e. The molecule has 0 aliphatic carbocycles. The number of carbonyl (C=O) groups is 2. The highest BCUT2D eigenvalue weighted by Gasteiger charge is 2.13. The number of hydrogen-bond donors (Lipinski definition) is 3. The summed E-state index contributed by atoms with van der Waals surface area (Å²) in [5, 5.41) is 23.5. The van der Waals surface area contributed by atoms with Crippen LogP contribution >= 0.6 is 0 Å². The molecule has 0 bridgehead atoms. The van der Waals surface area contributed by atoms with E-state index in [2.05, 4.69) is 10.6 Å². The molecule has 24 heavy (non-hydrogen) atoms. The summed E-state index contributed by atoms with van der Waals surface area (Å²) in [6.07, 6.45) is 1.18. The van der Waals surface area contributed by atoms with Crippen molar-refractivity contribution < 1.29 is 14.7 Å². The van der Waals surface area contributed by atoms with E-state index in [0.717, 1.165) is 11.8 Å². The van der Waals surface area contributed by atoms with E-state index in [0.29, 0.717) is 5.69 Å². The first kappa shape index (κ1) is 16.8. The van der Waals surface area contributed by atoms with E-state index in [-0.39, 0.29) is 17.7 Å². The third-order valence-electron chi connectivity index (χ3n) is 3.10. The van der Waals surface area contributed by atoms with E-state index in [1.165, 1.54) is 6.07 Å². The first-order chi connectivity index (χ1) is 11.6. The van der Waals surface area contributed by atoms with E-state index in [1.807, 2.05) is 6.07 Å². The van der Waals surface area contributed by atoms with Crippen LogP contribution in [0.15, 0.2) is 66.4 Å². The van der Waals surface area contributed by atoms with Crippen LogP contribution in [0.5, 0.6) is 5.75 Å². The van der Waals surface area contributed by atoms with Crippen molar-refractivity contribution in [3.05, 3.63) is 71.9 Å². The molecule has 0 aliphatic heterocycles. The molecular weight excluding hydrogens is 306 g/mol. The zero-order valence-corrected chi connectivity index (χ0v) is 12.7. The quantitative estimate of drug-likeness (QED) is 0.444. The van der Waals surface area contributed by atoms with Gasteiger partial charge in [-0.3, -0.25) is 14.9 Å². The Kier molecular flexibility index (Phi) is 5.70. The lowest BCUT2D eigenvalue weighted by atomic mass is 10.1. The summed E-state index contributed by atoms with van der Waals surface area (Å²) >= 11 is 0. The first-order valence-electron chi connectivity index (χ1n) is 7.13. The fraction of sp³-hybridized carbons (Fsp3) is 0.0556. The summed E-state index contributed by atoms with van der Waals surface area (Å²) in [6.45, 7) is 0. The monoisotopic (exact) mass is 321 g/mol. The lowest BCUT2D eigenvalue weighted by Gasteiger charge is -2.05. The Morgan fingerprint density at radius 1 is 1.08 bits per heavy atom. The van der Waals surface area contributed by atoms with Crippen molar-refractivity contribution >= 4 is 17.5 Å². The van der Waals surface area contributed by atoms with Gasteiger partial charge in [0.1, 0.15) is 17.4 Å². The normalized spacial score (nSPS) is 10.5. The Balaban J connectivity index is 1.98. The molecule has 0 fully saturated rings. The van der Waals surface area contributed by atoms with Crippen LogP contribution in [0.2, 0.25) is 0 Å². The molecule has 0 heterocycles. The number of carbonyl (C=O) groups excluding carboxylic acids is 2. The molecule has 2 rings (SSSR count). The van der Waals surface area contributed by atoms with Crippen molar-refractivity contribution in [1.82, 2.24) is 5.32 Å². The summed E-state index contributed by atoms with van der Waals surface area (Å²) in [4.78, 5) is 23.8. The zero-order valence-electron chi connectivity index (χ0n) is 12.7. The molecule has 6 heteroatoms. The largest absolute Gasteiger partial charge is 0.506 e. The zero-order chi connectivity index (χ0) is 17.4. The van der Waals surface area contributed by atoms with Crippen LogP contribution in [-0.2, 0) is 16.0 Å². The average molecular weight is 321 g/mol. The highest BCUT2D eigenvalue weighted by atomic mass is 16.3. The van der Waals surface area contributed by atoms with Crippen molar-refractivity contribution in [3.8, 4) is 11.8 Å². The van der Waals surface area contributed by atoms with Gasteiger partial charge in [0.05, 0.1) is 12.1 Å². The number of nitrogens with one attached hydrogen (secondary N) is 2. The van der Waals surface area contributed by atoms with Crippen LogP contribution in [0, 0.1) is 11.3 Å². The van der Waals surface area contributed by atoms with Crippen LogP contribution in [0.3, 0.4) is 0 Å². The number of nitrogens with zero attached hydrogens (tertiary/aromatic N) is 1. The van der Waals surface area contributed by atoms with Crippen LogP contribution in [0.25, 0.3) is 0 Å². The van der Waals surface area contributed by atoms with Gasteiger partial charge < -0.3 is 10.4 Å². The van der Waals surface area contributed by atoms with Gasteiger partial charge in [0, 0.05) is 6.20 Å². The summed E-state index contributed by atoms with van der Waals surface area (Å²) in [6, 6.07) is 17.0. The maximum Gasteiger partial charge on any atom is 0.270 e. The van der Waals surface area contributed by atoms with Crippen molar-refractivity contribution in [2.75, 3.05) is 5.32 Å². The van der Waals surface area contributed by atoms with Crippen LogP contribution in [-0.4, -0.2) is 16.9 Å². The first-order valence-corrected chi connectivity index (χ1v) is 7.13. The third kappa shape index (κ3) is 4.71. The number of anilines is 1. The molecule has 0 radical (unpaired) electrons. The van der Waals surface area contributed by atoms with E-state index in [4.69, 9.17) is 5.26 Å². The molecule has 0 unspecified atom stereocenters. The van der Waals surface area contributed by atoms with Crippen molar-refractivity contribution in [2.45, 2.75) is 6.42 Å². The molecule has 0 saturated carbocycles. The fourth-order valence-electron chi connectivity index (χ4n) is 1.91. The van der Waals surface area contributed by atoms with E-state index < -0.39 is 11.8 Å². The Hall–Kier alpha value is -3.59. The molecule has 0 saturated heterocycles. The Morgan fingerprint density at radius 2 is 1.75 bits per heavy atom. The Bertz CT molecular complexity index is 808. The number of rotatable bonds is 5. The lowest BCUT2D eigenvalue weighted by Crippen LogP contribution is -2.32. The second-order valence-electron chi connectivity index (χ2n) is 4.87. The SMILES string of the molecule is N#CC(=CNc1ccccc1O)C(=O)NC(=O)Cc1ccccc1. The third-order valence-corrected chi connectivity index (χ3v) is 3.10. The van der Waals surface area contributed by atoms with Gasteiger partial charge >= 0.3 is 0 Å². The number of benzene rings is 2. The van der Waals surface area contributed by atoms with E-state index in [1.54, 1.807) is 48.5 Å². The predicted molar refractivity (Wildman–Crippen MR) is 88.7 cm³/mol. The minimum absolute atomic E-state index is 0.0217. The number of nitriles is 1. The minimum atomic E-state index is -0.804. The highest BCUT2D eigenvalue weighted by molar-refractivity contribution is 6.07. The van der Waals surface area contributed by atoms with Crippen molar-refractivity contribution in [2.24, 2.45) is 0 Å². The molecule has 3 N–H and O–H groups in total. The molecule has 0 spiro atoms. The summed E-state index contributed by atoms with van der Waals surface area (Å²) < 4.78 is 0. The molecule has 2 amide bonds. The van der Waals surface area contributed by atoms with Gasteiger partial charge in [-0.25, -0.2) is 0 Å². The molecule has 120 valence electrons. The molecule has 0 aromatic heterocycles. The average Bonchev–Trinajstić information content (AvgIpc) is 2.57. The number of phenolic OH excluding ortho intramolecular Hbond substituents is 1. The van der Waals surface area contributed by atoms with Crippen LogP contribution in [0.1, 0.15) is 5.56 Å². The predicted octanol–water partition coefficient (Wildman–Crippen LogP) is 2.10. The number of hydrogen-bond acceptors (Lipinski definition) is 5. The van der Waals surface area contributed by atoms with Gasteiger partial charge in [0.15, 0.2) is 0 Å². The number of phenols is 1. The maximum atomic E-state index is 12.0. The number of para-hydroxylation sites is 2. The molecule has 0 atom stereocenters. The van der Waals surface area contributed by atoms with Gasteiger partial charge in [0.25, 0.3) is 5.91 Å². The summed E-state index contributed by atoms with van der Waals surface area (Å²) in [5.41, 5.74) is 0.825. The van der Waals surface area contributed by atoms with Gasteiger partial charge in [-0.15, -0.1) is 0 Å². The molecule has 0 aliphatic rings. The van der Waals surface area contributed by atoms with Crippen molar-refractivity contribution in [1.29, 1.82) is 5.26 Å². The highest BCUT2D eigenvalue weighted by Crippen LogP contribution is 2.21. The van der Waals surface area contributed by atoms with E-state index >= 15 is 0 Å². The topological polar surface area (TPSA) is 102 Å². The lowest BCUT2D eigenvalue weighted by molar-refractivity contribution is -0.127. The number of aromatic hydroxyl groups is 1. The Labute approximate surface area is 139 Å². The summed E-state index contributed by atoms with van der Waals surface area (Å²) in [7, 11) is 0. The Morgan fingerprint density at radius 3 is 2.42 bits per heavy atom. The number of imide groups is 1. The van der Waals surface area contributed by atoms with Gasteiger partial charge in [0.2, 0.25) is 5.91 Å². The molecule has 2 aromatic carbocycles. The molecule has 2 aromatic rings. The molecule has 6 nitrogen and oxygen atoms in total. The minimum Gasteiger partial charge on any atom is -0.506 e. The van der Waals surface area contributed by atoms with Crippen LogP contribution in [0.4, 0.5) is 5.69 Å². The standard InChI is InChI=1S/C18H15N3O3/c19-11-14(12-20-15-8-4-5-9-16(15)22)18(24)21-17(23)10-13-6-2-1-3-7-13/h1-9,12,20,22H,10H2,(H,21,23,24). The van der Waals surface area contributed by atoms with Crippen molar-refractivity contribution in [3.63, 3.8) is 0 Å². The second-order valence-corrected chi connectivity index (χ2v) is 4.87. The van der Waals surface area contributed by atoms with Gasteiger partial charge in [-0.05, 0) is 17.7 Å². The van der Waals surface area contributed by atoms with E-state index in [9.17, 15) is 14.7 Å². The fourth-order valence-corrected chi connectivity index (χ4v) is 1.91. The molecular formula is C18H15N3O3. The second kappa shape index (κ2) is 8.15. The van der Waals surface area contributed by atoms with Gasteiger partial charge in [-0.2, -0.15) is 5.26 Å². The van der Waals surface area contributed by atoms with Gasteiger partial charge in [-0.1, -0.05) is 42.5 Å². The van der Waals surface area contributed by atoms with Crippen LogP contribution < -0.4 is 10.6 Å². The maximum absolute atomic E-state index is 12.0. The number of amides is 2.